The van der Waals surface area contributed by atoms with E-state index in [1.54, 1.807) is 15.7 Å². The van der Waals surface area contributed by atoms with Gasteiger partial charge in [-0.2, -0.15) is 17.0 Å². The van der Waals surface area contributed by atoms with Crippen molar-refractivity contribution in [3.8, 4) is 5.75 Å². The summed E-state index contributed by atoms with van der Waals surface area (Å²) in [5.74, 6) is 1.16. The van der Waals surface area contributed by atoms with Gasteiger partial charge in [-0.1, -0.05) is 25.1 Å². The van der Waals surface area contributed by atoms with Crippen molar-refractivity contribution in [1.29, 1.82) is 0 Å². The normalized spacial score (nSPS) is 26.1. The third-order valence-corrected chi connectivity index (χ3v) is 6.72. The Morgan fingerprint density at radius 2 is 2.00 bits per heavy atom. The molecule has 2 fully saturated rings. The number of nitrogens with one attached hydrogen (secondary N) is 1. The van der Waals surface area contributed by atoms with Crippen molar-refractivity contribution in [2.75, 3.05) is 39.8 Å². The van der Waals surface area contributed by atoms with Crippen LogP contribution in [0.4, 0.5) is 0 Å². The lowest BCUT2D eigenvalue weighted by Crippen LogP contribution is -2.53. The first kappa shape index (κ1) is 19.5. The molecule has 2 aliphatic rings. The molecule has 24 heavy (non-hydrogen) atoms. The lowest BCUT2D eigenvalue weighted by Gasteiger charge is -2.38. The second-order valence-electron chi connectivity index (χ2n) is 6.33. The van der Waals surface area contributed by atoms with Crippen molar-refractivity contribution in [3.05, 3.63) is 29.8 Å². The summed E-state index contributed by atoms with van der Waals surface area (Å²) in [5, 5.41) is 3.31. The van der Waals surface area contributed by atoms with E-state index in [0.29, 0.717) is 38.6 Å². The van der Waals surface area contributed by atoms with Gasteiger partial charge in [0.1, 0.15) is 5.75 Å². The molecule has 0 aliphatic carbocycles. The van der Waals surface area contributed by atoms with Crippen molar-refractivity contribution in [2.24, 2.45) is 5.92 Å². The summed E-state index contributed by atoms with van der Waals surface area (Å²) in [5.41, 5.74) is 0.915. The van der Waals surface area contributed by atoms with Gasteiger partial charge in [0, 0.05) is 38.3 Å². The Hall–Kier alpha value is -0.860. The van der Waals surface area contributed by atoms with Crippen LogP contribution in [-0.2, 0) is 10.2 Å². The average Bonchev–Trinajstić information content (AvgIpc) is 3.02. The van der Waals surface area contributed by atoms with Crippen LogP contribution in [0.1, 0.15) is 24.9 Å². The summed E-state index contributed by atoms with van der Waals surface area (Å²) in [7, 11) is -1.82. The topological polar surface area (TPSA) is 61.9 Å². The monoisotopic (exact) mass is 375 g/mol. The number of halogens is 1. The second kappa shape index (κ2) is 8.01. The third-order valence-electron chi connectivity index (χ3n) is 4.70. The van der Waals surface area contributed by atoms with Crippen molar-refractivity contribution < 1.29 is 13.2 Å². The SMILES string of the molecule is COc1ccccc1C1CNCCN1S(=O)(=O)N1CCC(C)C1.Cl. The minimum atomic E-state index is -3.45. The average molecular weight is 376 g/mol. The minimum Gasteiger partial charge on any atom is -0.496 e. The summed E-state index contributed by atoms with van der Waals surface area (Å²) in [6, 6.07) is 7.42. The predicted octanol–water partition coefficient (Wildman–Crippen LogP) is 1.65. The molecule has 2 atom stereocenters. The fourth-order valence-corrected chi connectivity index (χ4v) is 5.33. The van der Waals surface area contributed by atoms with Gasteiger partial charge in [0.15, 0.2) is 0 Å². The molecule has 0 amide bonds. The van der Waals surface area contributed by atoms with Crippen LogP contribution in [0.2, 0.25) is 0 Å². The lowest BCUT2D eigenvalue weighted by molar-refractivity contribution is 0.246. The van der Waals surface area contributed by atoms with Crippen LogP contribution in [0, 0.1) is 5.92 Å². The van der Waals surface area contributed by atoms with Crippen LogP contribution in [0.3, 0.4) is 0 Å². The van der Waals surface area contributed by atoms with Crippen molar-refractivity contribution in [1.82, 2.24) is 13.9 Å². The summed E-state index contributed by atoms with van der Waals surface area (Å²) in [6.45, 7) is 5.09. The van der Waals surface area contributed by atoms with E-state index < -0.39 is 10.2 Å². The molecule has 3 rings (SSSR count). The molecular formula is C16H26ClN3O3S. The largest absolute Gasteiger partial charge is 0.496 e. The number of hydrogen-bond donors (Lipinski definition) is 1. The molecule has 8 heteroatoms. The Morgan fingerprint density at radius 3 is 2.67 bits per heavy atom. The predicted molar refractivity (Wildman–Crippen MR) is 96.8 cm³/mol. The fraction of sp³-hybridized carbons (Fsp3) is 0.625. The smallest absolute Gasteiger partial charge is 0.282 e. The first-order valence-electron chi connectivity index (χ1n) is 8.14. The zero-order valence-electron chi connectivity index (χ0n) is 14.1. The van der Waals surface area contributed by atoms with E-state index in [0.717, 1.165) is 17.7 Å². The molecule has 6 nitrogen and oxygen atoms in total. The van der Waals surface area contributed by atoms with Crippen LogP contribution in [0.5, 0.6) is 5.75 Å². The molecule has 0 aromatic heterocycles. The molecular weight excluding hydrogens is 350 g/mol. The van der Waals surface area contributed by atoms with Crippen LogP contribution in [-0.4, -0.2) is 56.9 Å². The fourth-order valence-electron chi connectivity index (χ4n) is 3.42. The van der Waals surface area contributed by atoms with Crippen LogP contribution in [0.25, 0.3) is 0 Å². The lowest BCUT2D eigenvalue weighted by atomic mass is 10.0. The Labute approximate surface area is 150 Å². The first-order chi connectivity index (χ1) is 11.0. The molecule has 2 heterocycles. The standard InChI is InChI=1S/C16H25N3O3S.ClH/c1-13-7-9-18(12-13)23(20,21)19-10-8-17-11-15(19)14-5-3-4-6-16(14)22-2;/h3-6,13,15,17H,7-12H2,1-2H3;1H. The highest BCUT2D eigenvalue weighted by Crippen LogP contribution is 2.33. The molecule has 1 N–H and O–H groups in total. The summed E-state index contributed by atoms with van der Waals surface area (Å²) in [4.78, 5) is 0. The molecule has 0 bridgehead atoms. The number of hydrogen-bond acceptors (Lipinski definition) is 4. The Bertz CT molecular complexity index is 656. The van der Waals surface area contributed by atoms with Gasteiger partial charge in [-0.25, -0.2) is 0 Å². The van der Waals surface area contributed by atoms with Gasteiger partial charge in [0.05, 0.1) is 13.2 Å². The maximum atomic E-state index is 13.1. The molecule has 2 saturated heterocycles. The number of nitrogens with zero attached hydrogens (tertiary/aromatic N) is 2. The van der Waals surface area contributed by atoms with Crippen LogP contribution < -0.4 is 10.1 Å². The number of benzene rings is 1. The summed E-state index contributed by atoms with van der Waals surface area (Å²) in [6.07, 6.45) is 0.935. The molecule has 1 aromatic rings. The quantitative estimate of drug-likeness (QED) is 0.869. The summed E-state index contributed by atoms with van der Waals surface area (Å²) >= 11 is 0. The highest BCUT2D eigenvalue weighted by molar-refractivity contribution is 7.86. The molecule has 0 saturated carbocycles. The van der Waals surface area contributed by atoms with E-state index in [-0.39, 0.29) is 18.4 Å². The van der Waals surface area contributed by atoms with Crippen LogP contribution >= 0.6 is 12.4 Å². The van der Waals surface area contributed by atoms with Crippen molar-refractivity contribution in [2.45, 2.75) is 19.4 Å². The zero-order valence-corrected chi connectivity index (χ0v) is 15.8. The van der Waals surface area contributed by atoms with Gasteiger partial charge in [-0.05, 0) is 18.4 Å². The first-order valence-corrected chi connectivity index (χ1v) is 9.54. The van der Waals surface area contributed by atoms with Gasteiger partial charge in [0.25, 0.3) is 10.2 Å². The molecule has 1 aromatic carbocycles. The Morgan fingerprint density at radius 1 is 1.25 bits per heavy atom. The van der Waals surface area contributed by atoms with Gasteiger partial charge in [0.2, 0.25) is 0 Å². The third kappa shape index (κ3) is 3.70. The van der Waals surface area contributed by atoms with Gasteiger partial charge in [-0.15, -0.1) is 12.4 Å². The summed E-state index contributed by atoms with van der Waals surface area (Å²) < 4.78 is 34.9. The maximum Gasteiger partial charge on any atom is 0.282 e. The number of para-hydroxylation sites is 1. The molecule has 2 unspecified atom stereocenters. The molecule has 0 radical (unpaired) electrons. The van der Waals surface area contributed by atoms with E-state index >= 15 is 0 Å². The van der Waals surface area contributed by atoms with E-state index in [9.17, 15) is 8.42 Å². The molecule has 2 aliphatic heterocycles. The van der Waals surface area contributed by atoms with Crippen molar-refractivity contribution >= 4 is 22.6 Å². The van der Waals surface area contributed by atoms with E-state index in [4.69, 9.17) is 4.74 Å². The number of methoxy groups -OCH3 is 1. The van der Waals surface area contributed by atoms with Gasteiger partial charge >= 0.3 is 0 Å². The second-order valence-corrected chi connectivity index (χ2v) is 8.21. The molecule has 0 spiro atoms. The zero-order chi connectivity index (χ0) is 16.4. The number of rotatable bonds is 4. The highest BCUT2D eigenvalue weighted by atomic mass is 35.5. The van der Waals surface area contributed by atoms with Gasteiger partial charge < -0.3 is 10.1 Å². The number of ether oxygens (including phenoxy) is 1. The van der Waals surface area contributed by atoms with E-state index in [1.165, 1.54) is 0 Å². The van der Waals surface area contributed by atoms with Crippen LogP contribution in [0.15, 0.2) is 24.3 Å². The minimum absolute atomic E-state index is 0. The van der Waals surface area contributed by atoms with Crippen molar-refractivity contribution in [3.63, 3.8) is 0 Å². The number of piperazine rings is 1. The maximum absolute atomic E-state index is 13.1. The Balaban J connectivity index is 0.00000208. The van der Waals surface area contributed by atoms with Gasteiger partial charge in [-0.3, -0.25) is 0 Å². The Kier molecular flexibility index (Phi) is 6.50. The van der Waals surface area contributed by atoms with E-state index in [1.807, 2.05) is 24.3 Å². The highest BCUT2D eigenvalue weighted by Gasteiger charge is 2.40. The molecule has 136 valence electrons. The van der Waals surface area contributed by atoms with E-state index in [2.05, 4.69) is 12.2 Å².